The van der Waals surface area contributed by atoms with Gasteiger partial charge in [-0.15, -0.1) is 24.8 Å². The van der Waals surface area contributed by atoms with E-state index in [0.29, 0.717) is 6.04 Å². The SMILES string of the molecule is CC(C)[NH][Al].Cl.Cl. The summed E-state index contributed by atoms with van der Waals surface area (Å²) in [5.74, 6) is 0. The van der Waals surface area contributed by atoms with Gasteiger partial charge in [0.25, 0.3) is 16.5 Å². The maximum Gasteiger partial charge on any atom is 0.251 e. The number of halogens is 2. The molecule has 0 unspecified atom stereocenters. The highest BCUT2D eigenvalue weighted by molar-refractivity contribution is 6.04. The quantitative estimate of drug-likeness (QED) is 0.559. The van der Waals surface area contributed by atoms with E-state index in [1.54, 1.807) is 0 Å². The average molecular weight is 158 g/mol. The van der Waals surface area contributed by atoms with Gasteiger partial charge in [0.1, 0.15) is 0 Å². The topological polar surface area (TPSA) is 12.0 Å². The molecule has 7 heavy (non-hydrogen) atoms. The van der Waals surface area contributed by atoms with Crippen LogP contribution in [-0.4, -0.2) is 22.6 Å². The lowest BCUT2D eigenvalue weighted by Crippen LogP contribution is -2.17. The van der Waals surface area contributed by atoms with E-state index >= 15 is 0 Å². The van der Waals surface area contributed by atoms with Gasteiger partial charge in [-0.05, 0) is 6.04 Å². The van der Waals surface area contributed by atoms with Crippen LogP contribution >= 0.6 is 24.8 Å². The van der Waals surface area contributed by atoms with Crippen molar-refractivity contribution in [3.8, 4) is 0 Å². The second-order valence-electron chi connectivity index (χ2n) is 1.32. The van der Waals surface area contributed by atoms with Crippen molar-refractivity contribution < 1.29 is 0 Å². The van der Waals surface area contributed by atoms with Gasteiger partial charge in [-0.25, -0.2) is 0 Å². The highest BCUT2D eigenvalue weighted by Gasteiger charge is 1.76. The second kappa shape index (κ2) is 10.1. The average Bonchev–Trinajstić information content (AvgIpc) is 1.38. The van der Waals surface area contributed by atoms with E-state index in [-0.39, 0.29) is 24.8 Å². The van der Waals surface area contributed by atoms with E-state index in [4.69, 9.17) is 0 Å². The first kappa shape index (κ1) is 15.7. The third kappa shape index (κ3) is 19.3. The van der Waals surface area contributed by atoms with Crippen molar-refractivity contribution in [2.75, 3.05) is 0 Å². The normalized spacial score (nSPS) is 6.71. The van der Waals surface area contributed by atoms with Gasteiger partial charge in [0.15, 0.2) is 0 Å². The first-order chi connectivity index (χ1) is 2.27. The van der Waals surface area contributed by atoms with E-state index < -0.39 is 0 Å². The van der Waals surface area contributed by atoms with Crippen LogP contribution in [-0.2, 0) is 0 Å². The molecule has 0 bridgehead atoms. The van der Waals surface area contributed by atoms with Gasteiger partial charge in [-0.1, -0.05) is 13.8 Å². The molecule has 0 saturated carbocycles. The molecule has 2 radical (unpaired) electrons. The van der Waals surface area contributed by atoms with E-state index in [1.165, 1.54) is 0 Å². The third-order valence-electron chi connectivity index (χ3n) is 0.333. The van der Waals surface area contributed by atoms with Crippen molar-refractivity contribution in [1.29, 1.82) is 0 Å². The molecular formula is C3H10AlCl2N. The summed E-state index contributed by atoms with van der Waals surface area (Å²) in [6, 6.07) is 0.597. The van der Waals surface area contributed by atoms with Crippen molar-refractivity contribution in [3.05, 3.63) is 0 Å². The molecule has 4 heteroatoms. The Morgan fingerprint density at radius 3 is 1.43 bits per heavy atom. The Morgan fingerprint density at radius 1 is 1.29 bits per heavy atom. The Labute approximate surface area is 65.7 Å². The fourth-order valence-corrected chi connectivity index (χ4v) is 0. The molecule has 0 saturated heterocycles. The minimum absolute atomic E-state index is 0. The van der Waals surface area contributed by atoms with E-state index in [2.05, 4.69) is 34.7 Å². The monoisotopic (exact) mass is 157 g/mol. The van der Waals surface area contributed by atoms with Gasteiger partial charge in [0.05, 0.1) is 0 Å². The molecular weight excluding hydrogens is 148 g/mol. The molecule has 0 amide bonds. The molecule has 0 aromatic carbocycles. The van der Waals surface area contributed by atoms with Gasteiger partial charge in [-0.2, -0.15) is 0 Å². The Bertz CT molecular complexity index is 26.9. The summed E-state index contributed by atoms with van der Waals surface area (Å²) in [7, 11) is 0. The Balaban J connectivity index is -0.0000000800. The fraction of sp³-hybridized carbons (Fsp3) is 1.00. The third-order valence-corrected chi connectivity index (χ3v) is 1.00. The summed E-state index contributed by atoms with van der Waals surface area (Å²) in [4.78, 5) is 0. The highest BCUT2D eigenvalue weighted by Crippen LogP contribution is 1.66. The minimum Gasteiger partial charge on any atom is -0.413 e. The number of hydrogen-bond donors (Lipinski definition) is 1. The van der Waals surface area contributed by atoms with Crippen LogP contribution in [0.25, 0.3) is 0 Å². The number of nitrogens with one attached hydrogen (secondary N) is 1. The summed E-state index contributed by atoms with van der Waals surface area (Å²) in [6.07, 6.45) is 0. The molecule has 1 nitrogen and oxygen atoms in total. The van der Waals surface area contributed by atoms with Gasteiger partial charge < -0.3 is 4.30 Å². The molecule has 0 fully saturated rings. The van der Waals surface area contributed by atoms with Crippen molar-refractivity contribution in [2.45, 2.75) is 19.9 Å². The first-order valence-corrected chi connectivity index (χ1v) is 2.31. The number of rotatable bonds is 1. The van der Waals surface area contributed by atoms with E-state index in [0.717, 1.165) is 0 Å². The van der Waals surface area contributed by atoms with Crippen LogP contribution in [0.4, 0.5) is 0 Å². The summed E-state index contributed by atoms with van der Waals surface area (Å²) in [5, 5.41) is 0. The van der Waals surface area contributed by atoms with Gasteiger partial charge in [0, 0.05) is 0 Å². The molecule has 0 atom stereocenters. The van der Waals surface area contributed by atoms with Crippen LogP contribution in [0, 0.1) is 0 Å². The predicted octanol–water partition coefficient (Wildman–Crippen LogP) is 0.911. The molecule has 0 aliphatic heterocycles. The van der Waals surface area contributed by atoms with Crippen LogP contribution in [0.2, 0.25) is 0 Å². The molecule has 44 valence electrons. The standard InChI is InChI=1S/C3H8N.Al.2ClH/c1-3(2)4;;;/h3-4H,1-2H3;;2*1H/q-1;+1;;. The summed E-state index contributed by atoms with van der Waals surface area (Å²) in [6.45, 7) is 4.18. The first-order valence-electron chi connectivity index (χ1n) is 1.73. The Hall–Kier alpha value is 1.07. The zero-order chi connectivity index (χ0) is 4.28. The number of hydrogen-bond acceptors (Lipinski definition) is 1. The largest absolute Gasteiger partial charge is 0.413 e. The molecule has 0 aromatic heterocycles. The molecule has 0 rings (SSSR count). The molecule has 0 aliphatic rings. The van der Waals surface area contributed by atoms with Crippen LogP contribution in [0.1, 0.15) is 13.8 Å². The van der Waals surface area contributed by atoms with Crippen molar-refractivity contribution >= 4 is 41.3 Å². The van der Waals surface area contributed by atoms with E-state index in [1.807, 2.05) is 0 Å². The van der Waals surface area contributed by atoms with Crippen LogP contribution in [0.15, 0.2) is 0 Å². The molecule has 0 aromatic rings. The molecule has 1 N–H and O–H groups in total. The second-order valence-corrected chi connectivity index (χ2v) is 1.65. The highest BCUT2D eigenvalue weighted by atomic mass is 35.5. The summed E-state index contributed by atoms with van der Waals surface area (Å²) >= 11 is 2.44. The lowest BCUT2D eigenvalue weighted by Gasteiger charge is -1.97. The van der Waals surface area contributed by atoms with Crippen LogP contribution in [0.5, 0.6) is 0 Å². The van der Waals surface area contributed by atoms with Crippen LogP contribution in [0.3, 0.4) is 0 Å². The van der Waals surface area contributed by atoms with Gasteiger partial charge in [0.2, 0.25) is 0 Å². The van der Waals surface area contributed by atoms with E-state index in [9.17, 15) is 0 Å². The molecule has 0 spiro atoms. The Morgan fingerprint density at radius 2 is 1.43 bits per heavy atom. The smallest absolute Gasteiger partial charge is 0.251 e. The van der Waals surface area contributed by atoms with Crippen molar-refractivity contribution in [1.82, 2.24) is 4.30 Å². The van der Waals surface area contributed by atoms with Gasteiger partial charge >= 0.3 is 0 Å². The zero-order valence-corrected chi connectivity index (χ0v) is 7.26. The van der Waals surface area contributed by atoms with Crippen LogP contribution < -0.4 is 4.30 Å². The summed E-state index contributed by atoms with van der Waals surface area (Å²) in [5.41, 5.74) is 0. The lowest BCUT2D eigenvalue weighted by atomic mass is 10.4. The predicted molar refractivity (Wildman–Crippen MR) is 38.5 cm³/mol. The van der Waals surface area contributed by atoms with Crippen molar-refractivity contribution in [2.24, 2.45) is 0 Å². The molecule has 0 aliphatic carbocycles. The minimum atomic E-state index is 0. The zero-order valence-electron chi connectivity index (χ0n) is 4.47. The Kier molecular flexibility index (Phi) is 22.7. The van der Waals surface area contributed by atoms with Crippen molar-refractivity contribution in [3.63, 3.8) is 0 Å². The fourth-order valence-electron chi connectivity index (χ4n) is 0. The van der Waals surface area contributed by atoms with Gasteiger partial charge in [-0.3, -0.25) is 0 Å². The maximum absolute atomic E-state index is 2.94. The molecule has 0 heterocycles. The summed E-state index contributed by atoms with van der Waals surface area (Å²) < 4.78 is 2.94. The maximum atomic E-state index is 2.94. The lowest BCUT2D eigenvalue weighted by molar-refractivity contribution is 0.761.